The molecule has 0 spiro atoms. The van der Waals surface area contributed by atoms with Crippen molar-refractivity contribution in [2.24, 2.45) is 5.41 Å². The van der Waals surface area contributed by atoms with Crippen LogP contribution in [0, 0.1) is 5.41 Å². The van der Waals surface area contributed by atoms with E-state index in [1.807, 2.05) is 57.8 Å². The van der Waals surface area contributed by atoms with Gasteiger partial charge in [0.1, 0.15) is 37.3 Å². The average Bonchev–Trinajstić information content (AvgIpc) is 3.31. The van der Waals surface area contributed by atoms with Gasteiger partial charge in [-0.3, -0.25) is 10.1 Å². The van der Waals surface area contributed by atoms with Gasteiger partial charge in [-0.1, -0.05) is 86.2 Å². The number of aliphatic hydroxyl groups is 2. The summed E-state index contributed by atoms with van der Waals surface area (Å²) < 4.78 is 27.0. The summed E-state index contributed by atoms with van der Waals surface area (Å²) >= 11 is 0. The molecule has 11 nitrogen and oxygen atoms in total. The van der Waals surface area contributed by atoms with Gasteiger partial charge in [-0.2, -0.15) is 0 Å². The Morgan fingerprint density at radius 2 is 1.45 bits per heavy atom. The van der Waals surface area contributed by atoms with Crippen LogP contribution < -0.4 is 5.32 Å². The quantitative estimate of drug-likeness (QED) is 0.172. The van der Waals surface area contributed by atoms with Crippen LogP contribution in [0.4, 0.5) is 0 Å². The molecular formula is C36H66N2O9. The summed E-state index contributed by atoms with van der Waals surface area (Å²) in [6, 6.07) is 10.1. The van der Waals surface area contributed by atoms with Gasteiger partial charge >= 0.3 is 0 Å². The van der Waals surface area contributed by atoms with Crippen LogP contribution in [-0.4, -0.2) is 117 Å². The lowest BCUT2D eigenvalue weighted by atomic mass is 9.92. The summed E-state index contributed by atoms with van der Waals surface area (Å²) in [6.45, 7) is 17.3. The molecule has 0 saturated carbocycles. The first kappa shape index (κ1) is 45.0. The van der Waals surface area contributed by atoms with Gasteiger partial charge in [0.05, 0.1) is 18.8 Å². The zero-order valence-corrected chi connectivity index (χ0v) is 29.5. The number of aldehydes is 1. The van der Waals surface area contributed by atoms with Crippen molar-refractivity contribution < 1.29 is 43.5 Å². The van der Waals surface area contributed by atoms with Crippen LogP contribution in [0.3, 0.4) is 0 Å². The van der Waals surface area contributed by atoms with E-state index in [-0.39, 0.29) is 44.2 Å². The number of rotatable bonds is 16. The van der Waals surface area contributed by atoms with Crippen LogP contribution in [0.15, 0.2) is 30.3 Å². The molecular weight excluding hydrogens is 604 g/mol. The zero-order valence-electron chi connectivity index (χ0n) is 29.5. The Bertz CT molecular complexity index is 929. The number of carbonyl (C=O) groups excluding carboxylic acids is 2. The molecule has 0 bridgehead atoms. The molecule has 0 radical (unpaired) electrons. The highest BCUT2D eigenvalue weighted by atomic mass is 16.7. The molecule has 3 N–H and O–H groups in total. The Balaban J connectivity index is 0.000000742. The molecule has 1 amide bonds. The summed E-state index contributed by atoms with van der Waals surface area (Å²) in [7, 11) is 1.89. The number of ether oxygens (including phenoxy) is 5. The molecule has 274 valence electrons. The minimum atomic E-state index is -1.16. The fourth-order valence-electron chi connectivity index (χ4n) is 5.13. The number of carbonyl (C=O) groups is 2. The number of aliphatic hydroxyl groups excluding tert-OH is 2. The summed E-state index contributed by atoms with van der Waals surface area (Å²) in [5.74, 6) is 0.193. The molecule has 2 aliphatic rings. The topological polar surface area (TPSA) is 136 Å². The smallest absolute Gasteiger partial charge is 0.241 e. The normalized spacial score (nSPS) is 25.6. The van der Waals surface area contributed by atoms with Crippen molar-refractivity contribution in [3.63, 3.8) is 0 Å². The molecule has 2 heterocycles. The summed E-state index contributed by atoms with van der Waals surface area (Å²) in [5, 5.41) is 23.9. The van der Waals surface area contributed by atoms with E-state index in [9.17, 15) is 19.8 Å². The lowest BCUT2D eigenvalue weighted by molar-refractivity contribution is -0.304. The molecule has 1 aromatic rings. The van der Waals surface area contributed by atoms with Crippen molar-refractivity contribution in [3.8, 4) is 0 Å². The third kappa shape index (κ3) is 16.3. The Morgan fingerprint density at radius 3 is 1.96 bits per heavy atom. The molecule has 1 aromatic carbocycles. The molecule has 47 heavy (non-hydrogen) atoms. The number of hydrogen-bond donors (Lipinski definition) is 3. The van der Waals surface area contributed by atoms with Crippen molar-refractivity contribution in [2.75, 3.05) is 46.7 Å². The molecule has 2 aliphatic heterocycles. The first-order valence-corrected chi connectivity index (χ1v) is 16.9. The highest BCUT2D eigenvalue weighted by Crippen LogP contribution is 2.27. The van der Waals surface area contributed by atoms with Crippen molar-refractivity contribution in [1.29, 1.82) is 0 Å². The maximum atomic E-state index is 12.2. The van der Waals surface area contributed by atoms with E-state index in [1.165, 1.54) is 5.56 Å². The minimum absolute atomic E-state index is 0. The molecule has 7 atom stereocenters. The lowest BCUT2D eigenvalue weighted by Crippen LogP contribution is -2.60. The predicted octanol–water partition coefficient (Wildman–Crippen LogP) is 4.36. The molecule has 2 fully saturated rings. The molecule has 3 rings (SSSR count). The Morgan fingerprint density at radius 1 is 0.894 bits per heavy atom. The Labute approximate surface area is 284 Å². The Hall–Kier alpha value is -1.96. The third-order valence-corrected chi connectivity index (χ3v) is 7.32. The third-order valence-electron chi connectivity index (χ3n) is 7.32. The van der Waals surface area contributed by atoms with Gasteiger partial charge in [-0.05, 0) is 43.1 Å². The Kier molecular flexibility index (Phi) is 24.0. The van der Waals surface area contributed by atoms with E-state index in [0.717, 1.165) is 38.4 Å². The van der Waals surface area contributed by atoms with Crippen LogP contribution in [0.5, 0.6) is 0 Å². The first-order valence-electron chi connectivity index (χ1n) is 16.9. The van der Waals surface area contributed by atoms with Crippen LogP contribution in [0.25, 0.3) is 0 Å². The molecule has 1 unspecified atom stereocenters. The molecule has 0 aliphatic carbocycles. The van der Waals surface area contributed by atoms with Crippen LogP contribution in [-0.2, 0) is 39.7 Å². The number of amides is 1. The SMILES string of the molecule is C.CCCOCC=O.CCCOC[C@H]1OC(O)[C@H](OCCC)[C@@H](O)[C@@H]1OCCC.CN1C(=O)[C@H](Cc2ccccc2)N[C@@H]1C(C)(C)C. The highest BCUT2D eigenvalue weighted by molar-refractivity contribution is 5.84. The van der Waals surface area contributed by atoms with E-state index in [2.05, 4.69) is 38.2 Å². The number of nitrogens with one attached hydrogen (secondary N) is 1. The van der Waals surface area contributed by atoms with Gasteiger partial charge in [-0.25, -0.2) is 0 Å². The zero-order chi connectivity index (χ0) is 34.5. The monoisotopic (exact) mass is 670 g/mol. The van der Waals surface area contributed by atoms with E-state index >= 15 is 0 Å². The van der Waals surface area contributed by atoms with E-state index in [1.54, 1.807) is 0 Å². The van der Waals surface area contributed by atoms with Gasteiger partial charge in [0.2, 0.25) is 5.91 Å². The largest absolute Gasteiger partial charge is 0.387 e. The van der Waals surface area contributed by atoms with E-state index in [0.29, 0.717) is 26.4 Å². The van der Waals surface area contributed by atoms with Gasteiger partial charge in [0, 0.05) is 33.5 Å². The minimum Gasteiger partial charge on any atom is -0.387 e. The predicted molar refractivity (Wildman–Crippen MR) is 185 cm³/mol. The summed E-state index contributed by atoms with van der Waals surface area (Å²) in [4.78, 5) is 23.6. The number of benzene rings is 1. The van der Waals surface area contributed by atoms with Crippen LogP contribution >= 0.6 is 0 Å². The number of nitrogens with zero attached hydrogens (tertiary/aromatic N) is 1. The van der Waals surface area contributed by atoms with Crippen molar-refractivity contribution in [2.45, 2.75) is 131 Å². The van der Waals surface area contributed by atoms with E-state index < -0.39 is 30.7 Å². The molecule has 11 heteroatoms. The summed E-state index contributed by atoms with van der Waals surface area (Å²) in [6.07, 6.45) is 1.24. The second kappa shape index (κ2) is 25.1. The second-order valence-electron chi connectivity index (χ2n) is 12.7. The fraction of sp³-hybridized carbons (Fsp3) is 0.778. The molecule has 2 saturated heterocycles. The molecule has 0 aromatic heterocycles. The highest BCUT2D eigenvalue weighted by Gasteiger charge is 2.46. The van der Waals surface area contributed by atoms with Crippen molar-refractivity contribution in [1.82, 2.24) is 10.2 Å². The number of likely N-dealkylation sites (N-methyl/N-ethyl adjacent to an activating group) is 1. The maximum Gasteiger partial charge on any atom is 0.241 e. The standard InChI is InChI=1S/C15H22N2O.C15H30O6.C5H10O2.CH4/c1-15(2,3)14-16-12(13(18)17(14)4)10-11-8-6-5-7-9-11;1-4-7-18-10-11-13(19-8-5-2)12(16)14(15(17)21-11)20-9-6-3;1-2-4-7-5-3-6;/h5-9,12,14,16H,10H2,1-4H3;11-17H,4-10H2,1-3H3;3H,2,4-5H2,1H3;1H4/t12-,14-;11-,12+,13-,14-,15?;;/m01../s1. The van der Waals surface area contributed by atoms with Crippen molar-refractivity contribution >= 4 is 12.2 Å². The van der Waals surface area contributed by atoms with Crippen LogP contribution in [0.1, 0.15) is 87.1 Å². The van der Waals surface area contributed by atoms with Crippen molar-refractivity contribution in [3.05, 3.63) is 35.9 Å². The van der Waals surface area contributed by atoms with Gasteiger partial charge in [-0.15, -0.1) is 0 Å². The fourth-order valence-corrected chi connectivity index (χ4v) is 5.13. The summed E-state index contributed by atoms with van der Waals surface area (Å²) in [5.41, 5.74) is 1.25. The maximum absolute atomic E-state index is 12.2. The van der Waals surface area contributed by atoms with Gasteiger partial charge in [0.15, 0.2) is 6.29 Å². The van der Waals surface area contributed by atoms with Crippen LogP contribution in [0.2, 0.25) is 0 Å². The number of hydrogen-bond acceptors (Lipinski definition) is 10. The van der Waals surface area contributed by atoms with Gasteiger partial charge in [0.25, 0.3) is 0 Å². The van der Waals surface area contributed by atoms with Gasteiger partial charge < -0.3 is 43.6 Å². The first-order chi connectivity index (χ1) is 22.0. The lowest BCUT2D eigenvalue weighted by Gasteiger charge is -2.42. The van der Waals surface area contributed by atoms with E-state index in [4.69, 9.17) is 23.7 Å². The average molecular weight is 671 g/mol. The second-order valence-corrected chi connectivity index (χ2v) is 12.7.